The SMILES string of the molecule is Cc1ccc(C(Cl)Cl)cc1C(Cl)Cl.Cc1ccccc1.Cc1ccccc1. The summed E-state index contributed by atoms with van der Waals surface area (Å²) in [6, 6.07) is 26.1. The second-order valence-electron chi connectivity index (χ2n) is 6.03. The summed E-state index contributed by atoms with van der Waals surface area (Å²) < 4.78 is 0. The van der Waals surface area contributed by atoms with Crippen LogP contribution in [0.5, 0.6) is 0 Å². The van der Waals surface area contributed by atoms with Crippen LogP contribution in [0.4, 0.5) is 0 Å². The lowest BCUT2D eigenvalue weighted by atomic mass is 10.1. The van der Waals surface area contributed by atoms with Crippen LogP contribution in [0.2, 0.25) is 0 Å². The van der Waals surface area contributed by atoms with Gasteiger partial charge in [-0.05, 0) is 37.5 Å². The Kier molecular flexibility index (Phi) is 11.6. The summed E-state index contributed by atoms with van der Waals surface area (Å²) in [4.78, 5) is -1.07. The molecule has 3 rings (SSSR count). The van der Waals surface area contributed by atoms with Crippen LogP contribution in [-0.2, 0) is 0 Å². The zero-order chi connectivity index (χ0) is 20.2. The van der Waals surface area contributed by atoms with E-state index in [4.69, 9.17) is 46.4 Å². The van der Waals surface area contributed by atoms with Gasteiger partial charge in [-0.2, -0.15) is 0 Å². The molecule has 0 nitrogen and oxygen atoms in total. The molecular formula is C23H24Cl4. The highest BCUT2D eigenvalue weighted by Crippen LogP contribution is 2.32. The smallest absolute Gasteiger partial charge is 0.100 e. The van der Waals surface area contributed by atoms with E-state index in [9.17, 15) is 0 Å². The average molecular weight is 442 g/mol. The first kappa shape index (κ1) is 23.9. The fourth-order valence-electron chi connectivity index (χ4n) is 2.10. The summed E-state index contributed by atoms with van der Waals surface area (Å²) in [7, 11) is 0. The molecule has 0 N–H and O–H groups in total. The second kappa shape index (κ2) is 13.1. The topological polar surface area (TPSA) is 0 Å². The molecule has 0 amide bonds. The fourth-order valence-corrected chi connectivity index (χ4v) is 2.84. The minimum atomic E-state index is -0.536. The van der Waals surface area contributed by atoms with Gasteiger partial charge in [-0.1, -0.05) is 90.0 Å². The van der Waals surface area contributed by atoms with Crippen LogP contribution in [0.3, 0.4) is 0 Å². The molecule has 0 bridgehead atoms. The summed E-state index contributed by atoms with van der Waals surface area (Å²) in [6.45, 7) is 6.11. The third-order valence-electron chi connectivity index (χ3n) is 3.67. The Labute approximate surface area is 183 Å². The zero-order valence-electron chi connectivity index (χ0n) is 15.7. The highest BCUT2D eigenvalue weighted by Gasteiger charge is 2.10. The van der Waals surface area contributed by atoms with Crippen LogP contribution >= 0.6 is 46.4 Å². The van der Waals surface area contributed by atoms with Gasteiger partial charge in [-0.15, -0.1) is 46.4 Å². The van der Waals surface area contributed by atoms with E-state index in [2.05, 4.69) is 38.1 Å². The Balaban J connectivity index is 0.000000220. The van der Waals surface area contributed by atoms with Crippen LogP contribution in [0.25, 0.3) is 0 Å². The minimum Gasteiger partial charge on any atom is -0.100 e. The van der Waals surface area contributed by atoms with E-state index in [0.29, 0.717) is 0 Å². The van der Waals surface area contributed by atoms with Gasteiger partial charge in [0.15, 0.2) is 0 Å². The summed E-state index contributed by atoms with van der Waals surface area (Å²) in [5.41, 5.74) is 5.35. The van der Waals surface area contributed by atoms with Gasteiger partial charge in [0.25, 0.3) is 0 Å². The molecule has 0 aromatic heterocycles. The van der Waals surface area contributed by atoms with Gasteiger partial charge in [-0.25, -0.2) is 0 Å². The normalized spacial score (nSPS) is 9.96. The van der Waals surface area contributed by atoms with E-state index in [1.807, 2.05) is 61.5 Å². The van der Waals surface area contributed by atoms with Crippen LogP contribution < -0.4 is 0 Å². The van der Waals surface area contributed by atoms with Gasteiger partial charge in [-0.3, -0.25) is 0 Å². The molecule has 0 atom stereocenters. The highest BCUT2D eigenvalue weighted by atomic mass is 35.5. The number of aryl methyl sites for hydroxylation is 3. The Morgan fingerprint density at radius 2 is 1.00 bits per heavy atom. The molecule has 0 fully saturated rings. The number of hydrogen-bond donors (Lipinski definition) is 0. The molecule has 0 spiro atoms. The Hall–Kier alpha value is -1.18. The first-order valence-corrected chi connectivity index (χ1v) is 10.3. The summed E-state index contributed by atoms with van der Waals surface area (Å²) >= 11 is 23.0. The van der Waals surface area contributed by atoms with Crippen molar-refractivity contribution in [1.29, 1.82) is 0 Å². The van der Waals surface area contributed by atoms with E-state index in [1.165, 1.54) is 11.1 Å². The van der Waals surface area contributed by atoms with Gasteiger partial charge in [0.1, 0.15) is 9.67 Å². The molecule has 0 aliphatic carbocycles. The average Bonchev–Trinajstić information content (AvgIpc) is 2.64. The zero-order valence-corrected chi connectivity index (χ0v) is 18.7. The highest BCUT2D eigenvalue weighted by molar-refractivity contribution is 6.45. The first-order chi connectivity index (χ1) is 12.8. The predicted octanol–water partition coefficient (Wildman–Crippen LogP) is 8.94. The van der Waals surface area contributed by atoms with Crippen LogP contribution in [0, 0.1) is 20.8 Å². The molecule has 0 saturated heterocycles. The summed E-state index contributed by atoms with van der Waals surface area (Å²) in [5.74, 6) is 0. The standard InChI is InChI=1S/C9H8Cl4.2C7H8/c1-5-2-3-6(8(10)11)4-7(5)9(12)13;2*1-7-5-3-2-4-6-7/h2-4,8-9H,1H3;2*2-6H,1H3. The van der Waals surface area contributed by atoms with Crippen molar-refractivity contribution in [2.24, 2.45) is 0 Å². The van der Waals surface area contributed by atoms with Gasteiger partial charge in [0.2, 0.25) is 0 Å². The molecule has 0 heterocycles. The molecule has 144 valence electrons. The Bertz CT molecular complexity index is 731. The van der Waals surface area contributed by atoms with Crippen molar-refractivity contribution in [3.8, 4) is 0 Å². The van der Waals surface area contributed by atoms with E-state index in [0.717, 1.165) is 16.7 Å². The van der Waals surface area contributed by atoms with Crippen LogP contribution in [0.15, 0.2) is 78.9 Å². The van der Waals surface area contributed by atoms with Crippen molar-refractivity contribution in [3.63, 3.8) is 0 Å². The lowest BCUT2D eigenvalue weighted by Gasteiger charge is -2.09. The van der Waals surface area contributed by atoms with Crippen LogP contribution in [0.1, 0.15) is 37.5 Å². The molecule has 0 saturated carbocycles. The molecule has 0 unspecified atom stereocenters. The van der Waals surface area contributed by atoms with E-state index in [1.54, 1.807) is 0 Å². The molecule has 3 aromatic carbocycles. The van der Waals surface area contributed by atoms with Crippen molar-refractivity contribution >= 4 is 46.4 Å². The van der Waals surface area contributed by atoms with Crippen molar-refractivity contribution in [3.05, 3.63) is 107 Å². The van der Waals surface area contributed by atoms with E-state index < -0.39 is 9.67 Å². The fraction of sp³-hybridized carbons (Fsp3) is 0.217. The molecule has 27 heavy (non-hydrogen) atoms. The second-order valence-corrected chi connectivity index (χ2v) is 8.22. The third-order valence-corrected chi connectivity index (χ3v) is 4.65. The molecular weight excluding hydrogens is 418 g/mol. The maximum Gasteiger partial charge on any atom is 0.133 e. The van der Waals surface area contributed by atoms with Gasteiger partial charge < -0.3 is 0 Å². The number of rotatable bonds is 2. The van der Waals surface area contributed by atoms with Crippen molar-refractivity contribution in [1.82, 2.24) is 0 Å². The quantitative estimate of drug-likeness (QED) is 0.348. The molecule has 0 radical (unpaired) electrons. The number of alkyl halides is 4. The maximum atomic E-state index is 5.76. The van der Waals surface area contributed by atoms with Gasteiger partial charge >= 0.3 is 0 Å². The maximum absolute atomic E-state index is 5.76. The minimum absolute atomic E-state index is 0.535. The van der Waals surface area contributed by atoms with Crippen LogP contribution in [-0.4, -0.2) is 0 Å². The first-order valence-electron chi connectivity index (χ1n) is 8.51. The monoisotopic (exact) mass is 440 g/mol. The van der Waals surface area contributed by atoms with Crippen molar-refractivity contribution in [2.75, 3.05) is 0 Å². The number of halogens is 4. The van der Waals surface area contributed by atoms with Gasteiger partial charge in [0, 0.05) is 0 Å². The van der Waals surface area contributed by atoms with Crippen molar-refractivity contribution in [2.45, 2.75) is 30.4 Å². The number of benzene rings is 3. The lowest BCUT2D eigenvalue weighted by Crippen LogP contribution is -1.91. The Morgan fingerprint density at radius 3 is 1.30 bits per heavy atom. The molecule has 3 aromatic rings. The summed E-state index contributed by atoms with van der Waals surface area (Å²) in [6.07, 6.45) is 0. The summed E-state index contributed by atoms with van der Waals surface area (Å²) in [5, 5.41) is 0. The number of hydrogen-bond acceptors (Lipinski definition) is 0. The molecule has 0 aliphatic heterocycles. The van der Waals surface area contributed by atoms with E-state index >= 15 is 0 Å². The van der Waals surface area contributed by atoms with Crippen molar-refractivity contribution < 1.29 is 0 Å². The van der Waals surface area contributed by atoms with E-state index in [-0.39, 0.29) is 0 Å². The largest absolute Gasteiger partial charge is 0.133 e. The predicted molar refractivity (Wildman–Crippen MR) is 122 cm³/mol. The Morgan fingerprint density at radius 1 is 0.556 bits per heavy atom. The third kappa shape index (κ3) is 10.1. The molecule has 0 aliphatic rings. The lowest BCUT2D eigenvalue weighted by molar-refractivity contribution is 1.22. The molecule has 4 heteroatoms. The van der Waals surface area contributed by atoms with Gasteiger partial charge in [0.05, 0.1) is 0 Å².